The van der Waals surface area contributed by atoms with Gasteiger partial charge in [-0.15, -0.1) is 0 Å². The summed E-state index contributed by atoms with van der Waals surface area (Å²) in [4.78, 5) is 37.2. The molecule has 1 amide bonds. The van der Waals surface area contributed by atoms with Gasteiger partial charge in [0.25, 0.3) is 5.91 Å². The van der Waals surface area contributed by atoms with Gasteiger partial charge in [0.15, 0.2) is 0 Å². The number of aryl methyl sites for hydroxylation is 1. The van der Waals surface area contributed by atoms with E-state index in [2.05, 4.69) is 5.10 Å². The summed E-state index contributed by atoms with van der Waals surface area (Å²) < 4.78 is 6.28. The molecule has 0 saturated carbocycles. The fraction of sp³-hybridized carbons (Fsp3) is 0.333. The first-order valence-electron chi connectivity index (χ1n) is 8.20. The standard InChI is InChI=1S/C18H19N3O5/c1-26-18(25)15-10-12-4-2-3-5-13(12)11-21(15)17(24)14-6-8-20(19-14)9-7-16(22)23/h2-6,8,15H,7,9-11H2,1H3,(H,22,23). The summed E-state index contributed by atoms with van der Waals surface area (Å²) in [5.41, 5.74) is 2.16. The lowest BCUT2D eigenvalue weighted by Crippen LogP contribution is -2.49. The number of methoxy groups -OCH3 is 1. The van der Waals surface area contributed by atoms with Crippen LogP contribution >= 0.6 is 0 Å². The monoisotopic (exact) mass is 357 g/mol. The average molecular weight is 357 g/mol. The van der Waals surface area contributed by atoms with E-state index in [-0.39, 0.29) is 31.1 Å². The smallest absolute Gasteiger partial charge is 0.328 e. The topological polar surface area (TPSA) is 102 Å². The van der Waals surface area contributed by atoms with Crippen LogP contribution in [0.15, 0.2) is 36.5 Å². The summed E-state index contributed by atoms with van der Waals surface area (Å²) in [5.74, 6) is -1.80. The fourth-order valence-electron chi connectivity index (χ4n) is 3.04. The molecule has 0 fully saturated rings. The van der Waals surface area contributed by atoms with Gasteiger partial charge in [0.05, 0.1) is 20.1 Å². The molecular formula is C18H19N3O5. The Morgan fingerprint density at radius 2 is 1.96 bits per heavy atom. The zero-order chi connectivity index (χ0) is 18.7. The van der Waals surface area contributed by atoms with Crippen molar-refractivity contribution in [2.75, 3.05) is 7.11 Å². The van der Waals surface area contributed by atoms with Crippen molar-refractivity contribution >= 4 is 17.8 Å². The Bertz CT molecular complexity index is 845. The van der Waals surface area contributed by atoms with Crippen LogP contribution in [-0.4, -0.2) is 50.8 Å². The van der Waals surface area contributed by atoms with Gasteiger partial charge in [0, 0.05) is 19.2 Å². The maximum absolute atomic E-state index is 12.9. The number of carbonyl (C=O) groups is 3. The van der Waals surface area contributed by atoms with Crippen LogP contribution in [0.5, 0.6) is 0 Å². The zero-order valence-corrected chi connectivity index (χ0v) is 14.3. The molecule has 8 heteroatoms. The molecule has 0 saturated heterocycles. The second kappa shape index (κ2) is 7.38. The molecule has 2 heterocycles. The maximum Gasteiger partial charge on any atom is 0.328 e. The molecule has 1 N–H and O–H groups in total. The Morgan fingerprint density at radius 1 is 1.23 bits per heavy atom. The minimum absolute atomic E-state index is 0.0861. The van der Waals surface area contributed by atoms with Crippen molar-refractivity contribution in [3.05, 3.63) is 53.3 Å². The molecule has 1 unspecified atom stereocenters. The van der Waals surface area contributed by atoms with E-state index < -0.39 is 18.0 Å². The maximum atomic E-state index is 12.9. The molecular weight excluding hydrogens is 338 g/mol. The summed E-state index contributed by atoms with van der Waals surface area (Å²) in [6.45, 7) is 0.461. The minimum atomic E-state index is -0.938. The highest BCUT2D eigenvalue weighted by Crippen LogP contribution is 2.25. The number of carboxylic acid groups (broad SMARTS) is 1. The predicted molar refractivity (Wildman–Crippen MR) is 90.3 cm³/mol. The molecule has 2 aromatic rings. The highest BCUT2D eigenvalue weighted by atomic mass is 16.5. The predicted octanol–water partition coefficient (Wildman–Crippen LogP) is 1.10. The molecule has 0 spiro atoms. The van der Waals surface area contributed by atoms with Gasteiger partial charge in [-0.05, 0) is 17.2 Å². The van der Waals surface area contributed by atoms with Gasteiger partial charge in [-0.25, -0.2) is 4.79 Å². The largest absolute Gasteiger partial charge is 0.481 e. The number of rotatable bonds is 5. The number of hydrogen-bond acceptors (Lipinski definition) is 5. The highest BCUT2D eigenvalue weighted by molar-refractivity contribution is 5.95. The SMILES string of the molecule is COC(=O)C1Cc2ccccc2CN1C(=O)c1ccn(CCC(=O)O)n1. The fourth-order valence-corrected chi connectivity index (χ4v) is 3.04. The Kier molecular flexibility index (Phi) is 5.01. The van der Waals surface area contributed by atoms with E-state index in [1.165, 1.54) is 22.8 Å². The summed E-state index contributed by atoms with van der Waals surface area (Å²) in [6, 6.07) is 8.46. The molecule has 1 aliphatic heterocycles. The third kappa shape index (κ3) is 3.58. The van der Waals surface area contributed by atoms with Crippen LogP contribution < -0.4 is 0 Å². The second-order valence-corrected chi connectivity index (χ2v) is 6.05. The molecule has 0 aliphatic carbocycles. The summed E-state index contributed by atoms with van der Waals surface area (Å²) in [7, 11) is 1.30. The highest BCUT2D eigenvalue weighted by Gasteiger charge is 2.36. The van der Waals surface area contributed by atoms with Gasteiger partial charge >= 0.3 is 11.9 Å². The molecule has 1 aromatic heterocycles. The van der Waals surface area contributed by atoms with E-state index in [1.54, 1.807) is 6.20 Å². The molecule has 3 rings (SSSR count). The van der Waals surface area contributed by atoms with E-state index in [0.29, 0.717) is 6.42 Å². The number of nitrogens with zero attached hydrogens (tertiary/aromatic N) is 3. The van der Waals surface area contributed by atoms with E-state index in [1.807, 2.05) is 24.3 Å². The molecule has 26 heavy (non-hydrogen) atoms. The lowest BCUT2D eigenvalue weighted by Gasteiger charge is -2.34. The lowest BCUT2D eigenvalue weighted by molar-refractivity contribution is -0.146. The number of benzene rings is 1. The van der Waals surface area contributed by atoms with Crippen LogP contribution in [0, 0.1) is 0 Å². The molecule has 0 radical (unpaired) electrons. The van der Waals surface area contributed by atoms with Crippen molar-refractivity contribution in [2.24, 2.45) is 0 Å². The number of aliphatic carboxylic acids is 1. The molecule has 136 valence electrons. The Labute approximate surface area is 150 Å². The number of fused-ring (bicyclic) bond motifs is 1. The second-order valence-electron chi connectivity index (χ2n) is 6.05. The van der Waals surface area contributed by atoms with Crippen molar-refractivity contribution in [1.29, 1.82) is 0 Å². The summed E-state index contributed by atoms with van der Waals surface area (Å²) in [5, 5.41) is 12.9. The molecule has 1 aromatic carbocycles. The van der Waals surface area contributed by atoms with Gasteiger partial charge < -0.3 is 14.7 Å². The van der Waals surface area contributed by atoms with Gasteiger partial charge in [-0.2, -0.15) is 5.10 Å². The quantitative estimate of drug-likeness (QED) is 0.804. The van der Waals surface area contributed by atoms with Crippen LogP contribution in [-0.2, 0) is 33.8 Å². The molecule has 0 bridgehead atoms. The Balaban J connectivity index is 1.84. The van der Waals surface area contributed by atoms with Gasteiger partial charge in [0.2, 0.25) is 0 Å². The normalized spacial score (nSPS) is 16.0. The van der Waals surface area contributed by atoms with Gasteiger partial charge in [-0.1, -0.05) is 24.3 Å². The van der Waals surface area contributed by atoms with E-state index in [0.717, 1.165) is 11.1 Å². The van der Waals surface area contributed by atoms with Crippen molar-refractivity contribution in [3.63, 3.8) is 0 Å². The third-order valence-corrected chi connectivity index (χ3v) is 4.40. The van der Waals surface area contributed by atoms with Crippen LogP contribution in [0.25, 0.3) is 0 Å². The summed E-state index contributed by atoms with van der Waals surface area (Å²) >= 11 is 0. The Morgan fingerprint density at radius 3 is 2.65 bits per heavy atom. The van der Waals surface area contributed by atoms with Crippen LogP contribution in [0.2, 0.25) is 0 Å². The number of carboxylic acids is 1. The van der Waals surface area contributed by atoms with Crippen LogP contribution in [0.4, 0.5) is 0 Å². The number of hydrogen-bond donors (Lipinski definition) is 1. The number of amides is 1. The lowest BCUT2D eigenvalue weighted by atomic mass is 9.93. The number of aromatic nitrogens is 2. The molecule has 8 nitrogen and oxygen atoms in total. The van der Waals surface area contributed by atoms with Gasteiger partial charge in [0.1, 0.15) is 11.7 Å². The zero-order valence-electron chi connectivity index (χ0n) is 14.3. The van der Waals surface area contributed by atoms with E-state index in [9.17, 15) is 14.4 Å². The van der Waals surface area contributed by atoms with Crippen LogP contribution in [0.1, 0.15) is 28.0 Å². The number of esters is 1. The van der Waals surface area contributed by atoms with Crippen LogP contribution in [0.3, 0.4) is 0 Å². The Hall–Kier alpha value is -3.16. The van der Waals surface area contributed by atoms with Crippen molar-refractivity contribution in [2.45, 2.75) is 32.0 Å². The molecule has 1 atom stereocenters. The van der Waals surface area contributed by atoms with Crippen molar-refractivity contribution in [1.82, 2.24) is 14.7 Å². The van der Waals surface area contributed by atoms with Gasteiger partial charge in [-0.3, -0.25) is 14.3 Å². The summed E-state index contributed by atoms with van der Waals surface area (Å²) in [6.07, 6.45) is 1.85. The molecule has 1 aliphatic rings. The first-order chi connectivity index (χ1) is 12.5. The van der Waals surface area contributed by atoms with Crippen molar-refractivity contribution in [3.8, 4) is 0 Å². The first kappa shape index (κ1) is 17.7. The minimum Gasteiger partial charge on any atom is -0.481 e. The number of carbonyl (C=O) groups excluding carboxylic acids is 2. The number of ether oxygens (including phenoxy) is 1. The third-order valence-electron chi connectivity index (χ3n) is 4.40. The van der Waals surface area contributed by atoms with Crippen molar-refractivity contribution < 1.29 is 24.2 Å². The van der Waals surface area contributed by atoms with E-state index in [4.69, 9.17) is 9.84 Å². The average Bonchev–Trinajstić information content (AvgIpc) is 3.13. The van der Waals surface area contributed by atoms with E-state index >= 15 is 0 Å². The first-order valence-corrected chi connectivity index (χ1v) is 8.20.